The van der Waals surface area contributed by atoms with Crippen LogP contribution in [-0.4, -0.2) is 10.0 Å². The van der Waals surface area contributed by atoms with E-state index >= 15 is 0 Å². The van der Waals surface area contributed by atoms with E-state index in [1.165, 1.54) is 18.2 Å². The summed E-state index contributed by atoms with van der Waals surface area (Å²) in [7, 11) is 0. The van der Waals surface area contributed by atoms with Crippen LogP contribution in [0.4, 0.5) is 0 Å². The van der Waals surface area contributed by atoms with Crippen molar-refractivity contribution in [3.63, 3.8) is 0 Å². The van der Waals surface area contributed by atoms with E-state index in [9.17, 15) is 15.2 Å². The van der Waals surface area contributed by atoms with Gasteiger partial charge in [0.1, 0.15) is 0 Å². The van der Waals surface area contributed by atoms with Gasteiger partial charge in [0.2, 0.25) is 0 Å². The molecule has 0 fully saturated rings. The Labute approximate surface area is 81.6 Å². The Kier molecular flexibility index (Phi) is 2.99. The molecule has 0 spiro atoms. The molecule has 0 heterocycles. The molecular formula is C10H11NO3. The SMILES string of the molecule is C=CCC(O)(c1ccccc1)[N+](=O)[O-]. The minimum absolute atomic E-state index is 0.107. The summed E-state index contributed by atoms with van der Waals surface area (Å²) in [6.45, 7) is 3.39. The van der Waals surface area contributed by atoms with Gasteiger partial charge in [-0.3, -0.25) is 10.1 Å². The predicted octanol–water partition coefficient (Wildman–Crippen LogP) is 1.68. The summed E-state index contributed by atoms with van der Waals surface area (Å²) in [6.07, 6.45) is 1.22. The minimum Gasteiger partial charge on any atom is -0.326 e. The highest BCUT2D eigenvalue weighted by Gasteiger charge is 2.40. The van der Waals surface area contributed by atoms with E-state index in [1.54, 1.807) is 18.2 Å². The number of rotatable bonds is 4. The molecular weight excluding hydrogens is 182 g/mol. The van der Waals surface area contributed by atoms with Crippen LogP contribution in [-0.2, 0) is 5.72 Å². The first-order valence-electron chi connectivity index (χ1n) is 4.14. The van der Waals surface area contributed by atoms with Crippen molar-refractivity contribution >= 4 is 0 Å². The van der Waals surface area contributed by atoms with Gasteiger partial charge >= 0.3 is 5.72 Å². The maximum absolute atomic E-state index is 10.7. The summed E-state index contributed by atoms with van der Waals surface area (Å²) < 4.78 is 0. The summed E-state index contributed by atoms with van der Waals surface area (Å²) in [5.41, 5.74) is -1.78. The standard InChI is InChI=1S/C10H11NO3/c1-2-8-10(12,11(13)14)9-6-4-3-5-7-9/h2-7,12H,1,8H2. The van der Waals surface area contributed by atoms with Crippen LogP contribution in [0.5, 0.6) is 0 Å². The molecule has 1 rings (SSSR count). The number of nitro groups is 1. The lowest BCUT2D eigenvalue weighted by Gasteiger charge is -2.17. The monoisotopic (exact) mass is 193 g/mol. The molecule has 0 radical (unpaired) electrons. The zero-order valence-electron chi connectivity index (χ0n) is 7.59. The van der Waals surface area contributed by atoms with Gasteiger partial charge in [0.15, 0.2) is 0 Å². The van der Waals surface area contributed by atoms with Gasteiger partial charge in [0.05, 0.1) is 16.9 Å². The Bertz CT molecular complexity index is 336. The number of hydrogen-bond donors (Lipinski definition) is 1. The molecule has 1 N–H and O–H groups in total. The van der Waals surface area contributed by atoms with Crippen LogP contribution in [0.25, 0.3) is 0 Å². The summed E-state index contributed by atoms with van der Waals surface area (Å²) in [5.74, 6) is 0. The third-order valence-electron chi connectivity index (χ3n) is 1.97. The molecule has 1 unspecified atom stereocenters. The number of aliphatic hydroxyl groups is 1. The van der Waals surface area contributed by atoms with Gasteiger partial charge < -0.3 is 5.11 Å². The molecule has 0 aliphatic rings. The van der Waals surface area contributed by atoms with Gasteiger partial charge in [-0.05, 0) is 12.1 Å². The fourth-order valence-corrected chi connectivity index (χ4v) is 1.20. The second kappa shape index (κ2) is 4.02. The van der Waals surface area contributed by atoms with Crippen molar-refractivity contribution in [2.45, 2.75) is 12.1 Å². The van der Waals surface area contributed by atoms with Crippen molar-refractivity contribution in [2.24, 2.45) is 0 Å². The first kappa shape index (κ1) is 10.4. The fraction of sp³-hybridized carbons (Fsp3) is 0.200. The zero-order chi connectivity index (χ0) is 10.6. The molecule has 1 aromatic rings. The van der Waals surface area contributed by atoms with Gasteiger partial charge in [-0.15, -0.1) is 6.58 Å². The quantitative estimate of drug-likeness (QED) is 0.342. The molecule has 4 nitrogen and oxygen atoms in total. The number of hydrogen-bond acceptors (Lipinski definition) is 3. The van der Waals surface area contributed by atoms with E-state index in [4.69, 9.17) is 0 Å². The second-order valence-electron chi connectivity index (χ2n) is 2.93. The van der Waals surface area contributed by atoms with Crippen molar-refractivity contribution in [1.29, 1.82) is 0 Å². The van der Waals surface area contributed by atoms with Crippen LogP contribution in [0.1, 0.15) is 12.0 Å². The van der Waals surface area contributed by atoms with Gasteiger partial charge in [0, 0.05) is 0 Å². The smallest absolute Gasteiger partial charge is 0.326 e. The molecule has 74 valence electrons. The first-order valence-corrected chi connectivity index (χ1v) is 4.14. The third-order valence-corrected chi connectivity index (χ3v) is 1.97. The molecule has 14 heavy (non-hydrogen) atoms. The van der Waals surface area contributed by atoms with Crippen LogP contribution in [0.2, 0.25) is 0 Å². The Morgan fingerprint density at radius 1 is 1.50 bits per heavy atom. The van der Waals surface area contributed by atoms with E-state index in [1.807, 2.05) is 0 Å². The lowest BCUT2D eigenvalue weighted by Crippen LogP contribution is -2.34. The average Bonchev–Trinajstić information content (AvgIpc) is 2.19. The van der Waals surface area contributed by atoms with Crippen molar-refractivity contribution in [1.82, 2.24) is 0 Å². The van der Waals surface area contributed by atoms with Crippen LogP contribution < -0.4 is 0 Å². The summed E-state index contributed by atoms with van der Waals surface area (Å²) in [6, 6.07) is 8.07. The number of benzene rings is 1. The van der Waals surface area contributed by atoms with Gasteiger partial charge in [-0.1, -0.05) is 24.3 Å². The van der Waals surface area contributed by atoms with E-state index in [-0.39, 0.29) is 12.0 Å². The predicted molar refractivity (Wildman–Crippen MR) is 52.1 cm³/mol. The summed E-state index contributed by atoms with van der Waals surface area (Å²) >= 11 is 0. The molecule has 0 amide bonds. The van der Waals surface area contributed by atoms with Crippen molar-refractivity contribution in [3.05, 3.63) is 58.7 Å². The lowest BCUT2D eigenvalue weighted by molar-refractivity contribution is -0.635. The summed E-state index contributed by atoms with van der Waals surface area (Å²) in [4.78, 5) is 10.0. The Morgan fingerprint density at radius 2 is 2.07 bits per heavy atom. The fourth-order valence-electron chi connectivity index (χ4n) is 1.20. The maximum Gasteiger partial charge on any atom is 0.352 e. The molecule has 0 aliphatic heterocycles. The minimum atomic E-state index is -2.05. The molecule has 0 saturated carbocycles. The average molecular weight is 193 g/mol. The van der Waals surface area contributed by atoms with Crippen LogP contribution in [0.15, 0.2) is 43.0 Å². The normalized spacial score (nSPS) is 14.4. The molecule has 0 bridgehead atoms. The van der Waals surface area contributed by atoms with Gasteiger partial charge in [-0.2, -0.15) is 0 Å². The van der Waals surface area contributed by atoms with Crippen LogP contribution in [0.3, 0.4) is 0 Å². The maximum atomic E-state index is 10.7. The second-order valence-corrected chi connectivity index (χ2v) is 2.93. The molecule has 0 saturated heterocycles. The van der Waals surface area contributed by atoms with Crippen molar-refractivity contribution in [3.8, 4) is 0 Å². The van der Waals surface area contributed by atoms with E-state index < -0.39 is 10.6 Å². The molecule has 0 aliphatic carbocycles. The van der Waals surface area contributed by atoms with E-state index in [0.717, 1.165) is 0 Å². The van der Waals surface area contributed by atoms with Crippen LogP contribution in [0, 0.1) is 10.1 Å². The molecule has 1 atom stereocenters. The molecule has 1 aromatic carbocycles. The van der Waals surface area contributed by atoms with E-state index in [0.29, 0.717) is 0 Å². The zero-order valence-corrected chi connectivity index (χ0v) is 7.59. The van der Waals surface area contributed by atoms with Gasteiger partial charge in [-0.25, -0.2) is 0 Å². The highest BCUT2D eigenvalue weighted by Crippen LogP contribution is 2.25. The van der Waals surface area contributed by atoms with E-state index in [2.05, 4.69) is 6.58 Å². The highest BCUT2D eigenvalue weighted by molar-refractivity contribution is 5.20. The Morgan fingerprint density at radius 3 is 2.50 bits per heavy atom. The van der Waals surface area contributed by atoms with Crippen LogP contribution >= 0.6 is 0 Å². The first-order chi connectivity index (χ1) is 6.61. The molecule has 4 heteroatoms. The van der Waals surface area contributed by atoms with Crippen molar-refractivity contribution in [2.75, 3.05) is 0 Å². The largest absolute Gasteiger partial charge is 0.352 e. The van der Waals surface area contributed by atoms with Crippen molar-refractivity contribution < 1.29 is 10.0 Å². The van der Waals surface area contributed by atoms with Gasteiger partial charge in [0.25, 0.3) is 0 Å². The third kappa shape index (κ3) is 1.80. The lowest BCUT2D eigenvalue weighted by atomic mass is 10.0. The summed E-state index contributed by atoms with van der Waals surface area (Å²) in [5, 5.41) is 20.5. The molecule has 0 aromatic heterocycles. The number of nitrogens with zero attached hydrogens (tertiary/aromatic N) is 1. The topological polar surface area (TPSA) is 63.4 Å². The Hall–Kier alpha value is -1.68. The Balaban J connectivity index is 3.12. The highest BCUT2D eigenvalue weighted by atomic mass is 16.7.